The Balaban J connectivity index is 1.81. The molecular formula is C18H21NO4. The second-order valence-corrected chi connectivity index (χ2v) is 6.43. The number of carboxylic acid groups (broad SMARTS) is 1. The molecule has 1 fully saturated rings. The van der Waals surface area contributed by atoms with Crippen molar-refractivity contribution in [3.63, 3.8) is 0 Å². The van der Waals surface area contributed by atoms with E-state index in [1.165, 1.54) is 0 Å². The van der Waals surface area contributed by atoms with E-state index in [-0.39, 0.29) is 18.4 Å². The number of hydrogen-bond acceptors (Lipinski definition) is 3. The molecule has 0 spiro atoms. The third kappa shape index (κ3) is 2.71. The van der Waals surface area contributed by atoms with Gasteiger partial charge in [0.05, 0.1) is 18.6 Å². The van der Waals surface area contributed by atoms with Crippen molar-refractivity contribution < 1.29 is 19.1 Å². The number of carbonyl (C=O) groups excluding carboxylic acids is 1. The molecule has 2 atom stereocenters. The molecule has 1 aromatic carbocycles. The minimum absolute atomic E-state index is 0.0396. The molecule has 1 amide bonds. The standard InChI is InChI=1S/C18H21NO4/c1-10-6-15-13(9-23-16(15)7-11(10)2)8-17(20)19-5-4-14(12(19)3)18(21)22/h6-7,9,12,14H,4-5,8H2,1-3H3,(H,21,22). The van der Waals surface area contributed by atoms with Crippen LogP contribution >= 0.6 is 0 Å². The third-order valence-electron chi connectivity index (χ3n) is 5.00. The van der Waals surface area contributed by atoms with Crippen LogP contribution in [0, 0.1) is 19.8 Å². The Morgan fingerprint density at radius 2 is 2.00 bits per heavy atom. The molecule has 1 N–H and O–H groups in total. The van der Waals surface area contributed by atoms with Crippen molar-refractivity contribution in [2.45, 2.75) is 39.7 Å². The van der Waals surface area contributed by atoms with Crippen LogP contribution in [0.3, 0.4) is 0 Å². The zero-order valence-electron chi connectivity index (χ0n) is 13.6. The van der Waals surface area contributed by atoms with Crippen LogP contribution in [-0.4, -0.2) is 34.5 Å². The number of carboxylic acids is 1. The quantitative estimate of drug-likeness (QED) is 0.945. The summed E-state index contributed by atoms with van der Waals surface area (Å²) >= 11 is 0. The molecule has 2 unspecified atom stereocenters. The molecule has 3 rings (SSSR count). The average molecular weight is 315 g/mol. The number of aliphatic carboxylic acids is 1. The van der Waals surface area contributed by atoms with Crippen molar-refractivity contribution in [2.75, 3.05) is 6.54 Å². The summed E-state index contributed by atoms with van der Waals surface area (Å²) < 4.78 is 5.57. The number of benzene rings is 1. The first-order valence-corrected chi connectivity index (χ1v) is 7.88. The molecule has 0 aliphatic carbocycles. The Morgan fingerprint density at radius 1 is 1.30 bits per heavy atom. The van der Waals surface area contributed by atoms with Crippen molar-refractivity contribution in [3.05, 3.63) is 35.1 Å². The van der Waals surface area contributed by atoms with Gasteiger partial charge in [0.1, 0.15) is 5.58 Å². The summed E-state index contributed by atoms with van der Waals surface area (Å²) in [6.45, 7) is 6.38. The summed E-state index contributed by atoms with van der Waals surface area (Å²) in [6, 6.07) is 3.77. The topological polar surface area (TPSA) is 70.8 Å². The van der Waals surface area contributed by atoms with Crippen LogP contribution in [0.5, 0.6) is 0 Å². The summed E-state index contributed by atoms with van der Waals surface area (Å²) in [5.41, 5.74) is 3.96. The van der Waals surface area contributed by atoms with Gasteiger partial charge in [0.15, 0.2) is 0 Å². The van der Waals surface area contributed by atoms with E-state index in [1.807, 2.05) is 32.9 Å². The van der Waals surface area contributed by atoms with Gasteiger partial charge in [-0.15, -0.1) is 0 Å². The lowest BCUT2D eigenvalue weighted by Gasteiger charge is -2.23. The fraction of sp³-hybridized carbons (Fsp3) is 0.444. The lowest BCUT2D eigenvalue weighted by molar-refractivity contribution is -0.143. The number of carbonyl (C=O) groups is 2. The molecular weight excluding hydrogens is 294 g/mol. The van der Waals surface area contributed by atoms with Gasteiger partial charge >= 0.3 is 5.97 Å². The first-order valence-electron chi connectivity index (χ1n) is 7.88. The molecule has 0 saturated carbocycles. The van der Waals surface area contributed by atoms with Crippen molar-refractivity contribution in [1.29, 1.82) is 0 Å². The van der Waals surface area contributed by atoms with Crippen LogP contribution < -0.4 is 0 Å². The fourth-order valence-electron chi connectivity index (χ4n) is 3.36. The van der Waals surface area contributed by atoms with Crippen LogP contribution in [0.2, 0.25) is 0 Å². The fourth-order valence-corrected chi connectivity index (χ4v) is 3.36. The average Bonchev–Trinajstić information content (AvgIpc) is 3.04. The summed E-state index contributed by atoms with van der Waals surface area (Å²) in [4.78, 5) is 25.4. The molecule has 2 aromatic rings. The lowest BCUT2D eigenvalue weighted by atomic mass is 10.0. The number of fused-ring (bicyclic) bond motifs is 1. The molecule has 1 aromatic heterocycles. The number of likely N-dealkylation sites (tertiary alicyclic amines) is 1. The zero-order chi connectivity index (χ0) is 16.7. The van der Waals surface area contributed by atoms with E-state index in [2.05, 4.69) is 0 Å². The van der Waals surface area contributed by atoms with Gasteiger partial charge in [-0.25, -0.2) is 0 Å². The van der Waals surface area contributed by atoms with E-state index in [0.717, 1.165) is 27.7 Å². The van der Waals surface area contributed by atoms with Crippen LogP contribution in [0.25, 0.3) is 11.0 Å². The smallest absolute Gasteiger partial charge is 0.308 e. The normalized spacial score (nSPS) is 21.1. The van der Waals surface area contributed by atoms with Gasteiger partial charge in [-0.2, -0.15) is 0 Å². The molecule has 5 nitrogen and oxygen atoms in total. The predicted octanol–water partition coefficient (Wildman–Crippen LogP) is 2.91. The van der Waals surface area contributed by atoms with E-state index in [1.54, 1.807) is 11.2 Å². The number of amides is 1. The Labute approximate surface area is 134 Å². The number of hydrogen-bond donors (Lipinski definition) is 1. The second-order valence-electron chi connectivity index (χ2n) is 6.43. The lowest BCUT2D eigenvalue weighted by Crippen LogP contribution is -2.38. The molecule has 0 bridgehead atoms. The maximum atomic E-state index is 12.6. The van der Waals surface area contributed by atoms with Gasteiger partial charge in [0.2, 0.25) is 5.91 Å². The molecule has 1 saturated heterocycles. The highest BCUT2D eigenvalue weighted by molar-refractivity contribution is 5.89. The first kappa shape index (κ1) is 15.6. The van der Waals surface area contributed by atoms with Gasteiger partial charge < -0.3 is 14.4 Å². The van der Waals surface area contributed by atoms with Crippen LogP contribution in [0.15, 0.2) is 22.8 Å². The van der Waals surface area contributed by atoms with Gasteiger partial charge in [-0.1, -0.05) is 0 Å². The minimum atomic E-state index is -0.826. The van der Waals surface area contributed by atoms with Crippen molar-refractivity contribution in [2.24, 2.45) is 5.92 Å². The predicted molar refractivity (Wildman–Crippen MR) is 86.3 cm³/mol. The van der Waals surface area contributed by atoms with Crippen LogP contribution in [0.4, 0.5) is 0 Å². The summed E-state index contributed by atoms with van der Waals surface area (Å²) in [5.74, 6) is -1.33. The molecule has 1 aliphatic rings. The Morgan fingerprint density at radius 3 is 2.65 bits per heavy atom. The van der Waals surface area contributed by atoms with E-state index in [9.17, 15) is 14.7 Å². The Hall–Kier alpha value is -2.30. The van der Waals surface area contributed by atoms with E-state index >= 15 is 0 Å². The van der Waals surface area contributed by atoms with Gasteiger partial charge in [-0.05, 0) is 50.5 Å². The van der Waals surface area contributed by atoms with Gasteiger partial charge in [0, 0.05) is 23.5 Å². The van der Waals surface area contributed by atoms with Crippen molar-refractivity contribution in [1.82, 2.24) is 4.90 Å². The molecule has 1 aliphatic heterocycles. The van der Waals surface area contributed by atoms with Crippen LogP contribution in [-0.2, 0) is 16.0 Å². The van der Waals surface area contributed by atoms with Crippen LogP contribution in [0.1, 0.15) is 30.0 Å². The second kappa shape index (κ2) is 5.72. The van der Waals surface area contributed by atoms with Crippen molar-refractivity contribution >= 4 is 22.8 Å². The van der Waals surface area contributed by atoms with E-state index in [0.29, 0.717) is 13.0 Å². The Kier molecular flexibility index (Phi) is 3.88. The highest BCUT2D eigenvalue weighted by Gasteiger charge is 2.38. The molecule has 122 valence electrons. The van der Waals surface area contributed by atoms with Gasteiger partial charge in [-0.3, -0.25) is 9.59 Å². The first-order chi connectivity index (χ1) is 10.9. The number of rotatable bonds is 3. The highest BCUT2D eigenvalue weighted by atomic mass is 16.4. The molecule has 23 heavy (non-hydrogen) atoms. The van der Waals surface area contributed by atoms with E-state index in [4.69, 9.17) is 4.42 Å². The third-order valence-corrected chi connectivity index (χ3v) is 5.00. The van der Waals surface area contributed by atoms with Gasteiger partial charge in [0.25, 0.3) is 0 Å². The zero-order valence-corrected chi connectivity index (χ0v) is 13.6. The highest BCUT2D eigenvalue weighted by Crippen LogP contribution is 2.28. The van der Waals surface area contributed by atoms with E-state index < -0.39 is 11.9 Å². The largest absolute Gasteiger partial charge is 0.481 e. The summed E-state index contributed by atoms with van der Waals surface area (Å²) in [5, 5.41) is 10.1. The Bertz CT molecular complexity index is 777. The number of furan rings is 1. The summed E-state index contributed by atoms with van der Waals surface area (Å²) in [7, 11) is 0. The maximum absolute atomic E-state index is 12.6. The maximum Gasteiger partial charge on any atom is 0.308 e. The van der Waals surface area contributed by atoms with Crippen molar-refractivity contribution in [3.8, 4) is 0 Å². The summed E-state index contributed by atoms with van der Waals surface area (Å²) in [6.07, 6.45) is 2.40. The molecule has 2 heterocycles. The monoisotopic (exact) mass is 315 g/mol. The number of aryl methyl sites for hydroxylation is 2. The molecule has 5 heteroatoms. The molecule has 0 radical (unpaired) electrons. The SMILES string of the molecule is Cc1cc2occ(CC(=O)N3CCC(C(=O)O)C3C)c2cc1C. The minimum Gasteiger partial charge on any atom is -0.481 e. The number of nitrogens with zero attached hydrogens (tertiary/aromatic N) is 1.